The summed E-state index contributed by atoms with van der Waals surface area (Å²) in [5.74, 6) is 0. The van der Waals surface area contributed by atoms with E-state index in [1.807, 2.05) is 19.1 Å². The lowest BCUT2D eigenvalue weighted by Gasteiger charge is -2.03. The highest BCUT2D eigenvalue weighted by Gasteiger charge is 2.06. The van der Waals surface area contributed by atoms with Gasteiger partial charge in [0.1, 0.15) is 0 Å². The molecule has 2 aromatic rings. The van der Waals surface area contributed by atoms with Crippen LogP contribution in [0.3, 0.4) is 0 Å². The maximum absolute atomic E-state index is 10.6. The Morgan fingerprint density at radius 1 is 1.35 bits per heavy atom. The van der Waals surface area contributed by atoms with Gasteiger partial charge >= 0.3 is 0 Å². The van der Waals surface area contributed by atoms with Crippen LogP contribution in [0, 0.1) is 10.1 Å². The molecule has 17 heavy (non-hydrogen) atoms. The van der Waals surface area contributed by atoms with Crippen molar-refractivity contribution in [2.45, 2.75) is 13.5 Å². The Bertz CT molecular complexity index is 554. The SMILES string of the molecule is CCNCc1ccc2cc([N+](=O)[O-])ccc2n1. The van der Waals surface area contributed by atoms with Gasteiger partial charge in [-0.3, -0.25) is 15.1 Å². The number of benzene rings is 1. The Morgan fingerprint density at radius 3 is 2.88 bits per heavy atom. The fraction of sp³-hybridized carbons (Fsp3) is 0.250. The van der Waals surface area contributed by atoms with Crippen molar-refractivity contribution < 1.29 is 4.92 Å². The summed E-state index contributed by atoms with van der Waals surface area (Å²) < 4.78 is 0. The van der Waals surface area contributed by atoms with Crippen LogP contribution in [0.5, 0.6) is 0 Å². The Hall–Kier alpha value is -2.01. The van der Waals surface area contributed by atoms with Crippen molar-refractivity contribution in [3.63, 3.8) is 0 Å². The van der Waals surface area contributed by atoms with Crippen LogP contribution in [0.15, 0.2) is 30.3 Å². The average Bonchev–Trinajstić information content (AvgIpc) is 2.35. The molecule has 0 aliphatic carbocycles. The number of hydrogen-bond acceptors (Lipinski definition) is 4. The largest absolute Gasteiger partial charge is 0.311 e. The molecular formula is C12H13N3O2. The van der Waals surface area contributed by atoms with Gasteiger partial charge in [-0.05, 0) is 18.7 Å². The first kappa shape index (κ1) is 11.5. The molecule has 0 unspecified atom stereocenters. The summed E-state index contributed by atoms with van der Waals surface area (Å²) in [5, 5.41) is 14.6. The first-order chi connectivity index (χ1) is 8.20. The van der Waals surface area contributed by atoms with Crippen LogP contribution in [0.2, 0.25) is 0 Å². The second-order valence-electron chi connectivity index (χ2n) is 3.72. The summed E-state index contributed by atoms with van der Waals surface area (Å²) in [6.45, 7) is 3.63. The molecule has 0 atom stereocenters. The maximum atomic E-state index is 10.6. The van der Waals surface area contributed by atoms with E-state index in [0.717, 1.165) is 23.1 Å². The van der Waals surface area contributed by atoms with Gasteiger partial charge in [-0.1, -0.05) is 13.0 Å². The number of fused-ring (bicyclic) bond motifs is 1. The van der Waals surface area contributed by atoms with Gasteiger partial charge in [-0.25, -0.2) is 0 Å². The van der Waals surface area contributed by atoms with Crippen LogP contribution in [-0.4, -0.2) is 16.5 Å². The fourth-order valence-corrected chi connectivity index (χ4v) is 1.62. The highest BCUT2D eigenvalue weighted by Crippen LogP contribution is 2.19. The minimum absolute atomic E-state index is 0.0960. The first-order valence-corrected chi connectivity index (χ1v) is 5.45. The summed E-state index contributed by atoms with van der Waals surface area (Å²) in [6.07, 6.45) is 0. The van der Waals surface area contributed by atoms with Gasteiger partial charge in [0.25, 0.3) is 5.69 Å². The molecule has 5 heteroatoms. The number of rotatable bonds is 4. The van der Waals surface area contributed by atoms with Crippen LogP contribution >= 0.6 is 0 Å². The number of aromatic nitrogens is 1. The summed E-state index contributed by atoms with van der Waals surface area (Å²) in [6, 6.07) is 8.45. The van der Waals surface area contributed by atoms with Crippen LogP contribution in [0.1, 0.15) is 12.6 Å². The normalized spacial score (nSPS) is 10.6. The van der Waals surface area contributed by atoms with Crippen molar-refractivity contribution in [3.8, 4) is 0 Å². The molecule has 0 aliphatic heterocycles. The number of hydrogen-bond donors (Lipinski definition) is 1. The molecule has 0 bridgehead atoms. The van der Waals surface area contributed by atoms with Crippen molar-refractivity contribution in [2.24, 2.45) is 0 Å². The quantitative estimate of drug-likeness (QED) is 0.647. The van der Waals surface area contributed by atoms with E-state index in [4.69, 9.17) is 0 Å². The zero-order valence-electron chi connectivity index (χ0n) is 9.51. The minimum atomic E-state index is -0.397. The van der Waals surface area contributed by atoms with Crippen molar-refractivity contribution >= 4 is 16.6 Å². The van der Waals surface area contributed by atoms with Crippen molar-refractivity contribution in [3.05, 3.63) is 46.1 Å². The summed E-state index contributed by atoms with van der Waals surface area (Å²) in [7, 11) is 0. The number of pyridine rings is 1. The molecule has 0 fully saturated rings. The Labute approximate surface area is 98.6 Å². The van der Waals surface area contributed by atoms with Gasteiger partial charge < -0.3 is 5.32 Å². The smallest absolute Gasteiger partial charge is 0.270 e. The van der Waals surface area contributed by atoms with Gasteiger partial charge in [-0.2, -0.15) is 0 Å². The predicted octanol–water partition coefficient (Wildman–Crippen LogP) is 2.25. The van der Waals surface area contributed by atoms with Gasteiger partial charge in [0.2, 0.25) is 0 Å². The predicted molar refractivity (Wildman–Crippen MR) is 65.8 cm³/mol. The molecule has 1 heterocycles. The maximum Gasteiger partial charge on any atom is 0.270 e. The number of nitrogens with zero attached hydrogens (tertiary/aromatic N) is 2. The molecule has 0 saturated carbocycles. The number of nitro groups is 1. The number of nitrogens with one attached hydrogen (secondary N) is 1. The van der Waals surface area contributed by atoms with E-state index in [0.29, 0.717) is 6.54 Å². The molecular weight excluding hydrogens is 218 g/mol. The van der Waals surface area contributed by atoms with E-state index >= 15 is 0 Å². The Kier molecular flexibility index (Phi) is 3.30. The third kappa shape index (κ3) is 2.57. The third-order valence-corrected chi connectivity index (χ3v) is 2.50. The molecule has 1 aromatic heterocycles. The average molecular weight is 231 g/mol. The second-order valence-corrected chi connectivity index (χ2v) is 3.72. The van der Waals surface area contributed by atoms with Gasteiger partial charge in [-0.15, -0.1) is 0 Å². The standard InChI is InChI=1S/C12H13N3O2/c1-2-13-8-10-4-3-9-7-11(15(16)17)5-6-12(9)14-10/h3-7,13H,2,8H2,1H3. The molecule has 0 radical (unpaired) electrons. The number of nitro benzene ring substituents is 1. The number of non-ortho nitro benzene ring substituents is 1. The highest BCUT2D eigenvalue weighted by atomic mass is 16.6. The van der Waals surface area contributed by atoms with E-state index in [1.165, 1.54) is 6.07 Å². The van der Waals surface area contributed by atoms with E-state index < -0.39 is 4.92 Å². The molecule has 88 valence electrons. The lowest BCUT2D eigenvalue weighted by Crippen LogP contribution is -2.12. The lowest BCUT2D eigenvalue weighted by atomic mass is 10.2. The van der Waals surface area contributed by atoms with Crippen LogP contribution < -0.4 is 5.32 Å². The van der Waals surface area contributed by atoms with Crippen LogP contribution in [0.4, 0.5) is 5.69 Å². The molecule has 0 aliphatic rings. The highest BCUT2D eigenvalue weighted by molar-refractivity contribution is 5.81. The molecule has 5 nitrogen and oxygen atoms in total. The topological polar surface area (TPSA) is 68.1 Å². The zero-order chi connectivity index (χ0) is 12.3. The van der Waals surface area contributed by atoms with E-state index in [2.05, 4.69) is 10.3 Å². The molecule has 1 aromatic carbocycles. The zero-order valence-corrected chi connectivity index (χ0v) is 9.51. The minimum Gasteiger partial charge on any atom is -0.311 e. The fourth-order valence-electron chi connectivity index (χ4n) is 1.62. The summed E-state index contributed by atoms with van der Waals surface area (Å²) in [5.41, 5.74) is 1.82. The van der Waals surface area contributed by atoms with E-state index in [-0.39, 0.29) is 5.69 Å². The van der Waals surface area contributed by atoms with Gasteiger partial charge in [0, 0.05) is 24.1 Å². The van der Waals surface area contributed by atoms with Crippen molar-refractivity contribution in [1.82, 2.24) is 10.3 Å². The van der Waals surface area contributed by atoms with Crippen LogP contribution in [0.25, 0.3) is 10.9 Å². The van der Waals surface area contributed by atoms with Crippen molar-refractivity contribution in [2.75, 3.05) is 6.54 Å². The Balaban J connectivity index is 2.36. The van der Waals surface area contributed by atoms with E-state index in [9.17, 15) is 10.1 Å². The van der Waals surface area contributed by atoms with Gasteiger partial charge in [0.05, 0.1) is 16.1 Å². The monoisotopic (exact) mass is 231 g/mol. The second kappa shape index (κ2) is 4.88. The summed E-state index contributed by atoms with van der Waals surface area (Å²) in [4.78, 5) is 14.7. The first-order valence-electron chi connectivity index (χ1n) is 5.45. The molecule has 1 N–H and O–H groups in total. The summed E-state index contributed by atoms with van der Waals surface area (Å²) >= 11 is 0. The van der Waals surface area contributed by atoms with Crippen LogP contribution in [-0.2, 0) is 6.54 Å². The van der Waals surface area contributed by atoms with Crippen molar-refractivity contribution in [1.29, 1.82) is 0 Å². The third-order valence-electron chi connectivity index (χ3n) is 2.50. The van der Waals surface area contributed by atoms with E-state index in [1.54, 1.807) is 12.1 Å². The van der Waals surface area contributed by atoms with Gasteiger partial charge in [0.15, 0.2) is 0 Å². The lowest BCUT2D eigenvalue weighted by molar-refractivity contribution is -0.384. The molecule has 0 amide bonds. The molecule has 0 spiro atoms. The Morgan fingerprint density at radius 2 is 2.18 bits per heavy atom. The molecule has 2 rings (SSSR count). The molecule has 0 saturated heterocycles.